The predicted molar refractivity (Wildman–Crippen MR) is 77.8 cm³/mol. The van der Waals surface area contributed by atoms with E-state index in [0.717, 1.165) is 4.47 Å². The van der Waals surface area contributed by atoms with Gasteiger partial charge in [-0.1, -0.05) is 28.9 Å². The molecule has 0 spiro atoms. The van der Waals surface area contributed by atoms with Crippen LogP contribution in [0.2, 0.25) is 5.02 Å². The monoisotopic (exact) mass is 335 g/mol. The average molecular weight is 337 g/mol. The van der Waals surface area contributed by atoms with Crippen LogP contribution in [0.5, 0.6) is 0 Å². The number of fused-ring (bicyclic) bond motifs is 1. The topological polar surface area (TPSA) is 47.8 Å². The lowest BCUT2D eigenvalue weighted by Crippen LogP contribution is -2.22. The highest BCUT2D eigenvalue weighted by Gasteiger charge is 2.08. The van der Waals surface area contributed by atoms with Crippen molar-refractivity contribution in [3.63, 3.8) is 0 Å². The third-order valence-electron chi connectivity index (χ3n) is 2.72. The van der Waals surface area contributed by atoms with Crippen LogP contribution < -0.4 is 5.56 Å². The van der Waals surface area contributed by atoms with Gasteiger partial charge < -0.3 is 0 Å². The fourth-order valence-corrected chi connectivity index (χ4v) is 2.20. The number of hydrogen-bond acceptors (Lipinski definition) is 3. The van der Waals surface area contributed by atoms with Crippen molar-refractivity contribution in [2.75, 3.05) is 0 Å². The molecule has 3 rings (SSSR count). The molecule has 0 radical (unpaired) electrons. The summed E-state index contributed by atoms with van der Waals surface area (Å²) in [6.45, 7) is 0. The van der Waals surface area contributed by atoms with Gasteiger partial charge in [0, 0.05) is 4.47 Å². The molecule has 0 aliphatic rings. The first kappa shape index (κ1) is 12.3. The van der Waals surface area contributed by atoms with E-state index >= 15 is 0 Å². The second-order valence-corrected chi connectivity index (χ2v) is 5.18. The summed E-state index contributed by atoms with van der Waals surface area (Å²) in [7, 11) is 0. The molecule has 1 heterocycles. The van der Waals surface area contributed by atoms with Gasteiger partial charge in [0.05, 0.1) is 16.1 Å². The number of nitrogens with zero attached hydrogens (tertiary/aromatic N) is 3. The predicted octanol–water partition coefficient (Wildman–Crippen LogP) is 3.20. The molecule has 0 saturated carbocycles. The number of hydrogen-bond donors (Lipinski definition) is 0. The molecule has 6 heteroatoms. The summed E-state index contributed by atoms with van der Waals surface area (Å²) >= 11 is 9.33. The molecule has 4 nitrogen and oxygen atoms in total. The second-order valence-electron chi connectivity index (χ2n) is 3.92. The number of aromatic nitrogens is 3. The molecule has 0 bridgehead atoms. The molecule has 0 saturated heterocycles. The van der Waals surface area contributed by atoms with E-state index in [1.54, 1.807) is 36.4 Å². The lowest BCUT2D eigenvalue weighted by molar-refractivity contribution is 0.738. The molecular weight excluding hydrogens is 330 g/mol. The minimum atomic E-state index is -0.219. The minimum Gasteiger partial charge on any atom is -0.267 e. The Bertz CT molecular complexity index is 831. The Morgan fingerprint density at radius 1 is 1.16 bits per heavy atom. The number of benzene rings is 2. The molecule has 0 unspecified atom stereocenters. The molecule has 0 fully saturated rings. The molecule has 0 atom stereocenters. The van der Waals surface area contributed by atoms with E-state index in [1.807, 2.05) is 6.07 Å². The van der Waals surface area contributed by atoms with Gasteiger partial charge in [-0.05, 0) is 46.3 Å². The standard InChI is InChI=1S/C13H7BrClN3O/c14-10-6-5-8(7-11(10)15)18-13(19)9-3-1-2-4-12(9)16-17-18/h1-7H. The Morgan fingerprint density at radius 2 is 1.95 bits per heavy atom. The Kier molecular flexibility index (Phi) is 3.08. The number of rotatable bonds is 1. The van der Waals surface area contributed by atoms with E-state index in [1.165, 1.54) is 4.68 Å². The van der Waals surface area contributed by atoms with Gasteiger partial charge in [-0.15, -0.1) is 5.10 Å². The van der Waals surface area contributed by atoms with Crippen LogP contribution in [0.3, 0.4) is 0 Å². The quantitative estimate of drug-likeness (QED) is 0.685. The first-order chi connectivity index (χ1) is 9.16. The van der Waals surface area contributed by atoms with Gasteiger partial charge >= 0.3 is 0 Å². The van der Waals surface area contributed by atoms with Gasteiger partial charge in [-0.2, -0.15) is 4.68 Å². The van der Waals surface area contributed by atoms with Gasteiger partial charge in [-0.25, -0.2) is 0 Å². The maximum atomic E-state index is 12.3. The zero-order chi connectivity index (χ0) is 13.4. The van der Waals surface area contributed by atoms with Gasteiger partial charge in [0.2, 0.25) is 0 Å². The smallest absolute Gasteiger partial charge is 0.267 e. The van der Waals surface area contributed by atoms with Crippen molar-refractivity contribution in [3.8, 4) is 5.69 Å². The summed E-state index contributed by atoms with van der Waals surface area (Å²) in [5.74, 6) is 0. The van der Waals surface area contributed by atoms with Crippen LogP contribution in [0, 0.1) is 0 Å². The van der Waals surface area contributed by atoms with Gasteiger partial charge in [0.15, 0.2) is 0 Å². The van der Waals surface area contributed by atoms with E-state index in [9.17, 15) is 4.79 Å². The van der Waals surface area contributed by atoms with Crippen LogP contribution in [-0.2, 0) is 0 Å². The Balaban J connectivity index is 2.28. The van der Waals surface area contributed by atoms with E-state index < -0.39 is 0 Å². The van der Waals surface area contributed by atoms with Crippen molar-refractivity contribution in [3.05, 3.63) is 62.3 Å². The largest absolute Gasteiger partial charge is 0.282 e. The Morgan fingerprint density at radius 3 is 2.74 bits per heavy atom. The van der Waals surface area contributed by atoms with Crippen LogP contribution in [0.25, 0.3) is 16.6 Å². The van der Waals surface area contributed by atoms with Gasteiger partial charge in [0.25, 0.3) is 5.56 Å². The van der Waals surface area contributed by atoms with Crippen molar-refractivity contribution >= 4 is 38.4 Å². The zero-order valence-electron chi connectivity index (χ0n) is 9.55. The molecule has 19 heavy (non-hydrogen) atoms. The zero-order valence-corrected chi connectivity index (χ0v) is 11.9. The average Bonchev–Trinajstić information content (AvgIpc) is 2.43. The summed E-state index contributed by atoms with van der Waals surface area (Å²) in [6, 6.07) is 12.3. The second kappa shape index (κ2) is 4.75. The van der Waals surface area contributed by atoms with E-state index in [4.69, 9.17) is 11.6 Å². The van der Waals surface area contributed by atoms with Crippen molar-refractivity contribution in [2.45, 2.75) is 0 Å². The first-order valence-electron chi connectivity index (χ1n) is 5.47. The minimum absolute atomic E-state index is 0.219. The molecule has 94 valence electrons. The van der Waals surface area contributed by atoms with Crippen LogP contribution >= 0.6 is 27.5 Å². The van der Waals surface area contributed by atoms with Gasteiger partial charge in [0.1, 0.15) is 5.52 Å². The molecule has 3 aromatic rings. The van der Waals surface area contributed by atoms with Crippen molar-refractivity contribution < 1.29 is 0 Å². The van der Waals surface area contributed by atoms with Crippen LogP contribution in [0.1, 0.15) is 0 Å². The third kappa shape index (κ3) is 2.15. The molecule has 1 aromatic heterocycles. The van der Waals surface area contributed by atoms with Crippen LogP contribution in [0.4, 0.5) is 0 Å². The van der Waals surface area contributed by atoms with Crippen molar-refractivity contribution in [2.24, 2.45) is 0 Å². The summed E-state index contributed by atoms with van der Waals surface area (Å²) < 4.78 is 2.00. The van der Waals surface area contributed by atoms with Crippen LogP contribution in [0.15, 0.2) is 51.7 Å². The molecule has 0 amide bonds. The lowest BCUT2D eigenvalue weighted by atomic mass is 10.2. The molecule has 0 aliphatic heterocycles. The Hall–Kier alpha value is -1.72. The highest BCUT2D eigenvalue weighted by atomic mass is 79.9. The van der Waals surface area contributed by atoms with Gasteiger partial charge in [-0.3, -0.25) is 4.79 Å². The molecule has 2 aromatic carbocycles. The van der Waals surface area contributed by atoms with E-state index in [2.05, 4.69) is 26.2 Å². The summed E-state index contributed by atoms with van der Waals surface area (Å²) in [5, 5.41) is 8.99. The Labute approximate surface area is 121 Å². The lowest BCUT2D eigenvalue weighted by Gasteiger charge is -2.05. The van der Waals surface area contributed by atoms with E-state index in [-0.39, 0.29) is 5.56 Å². The fraction of sp³-hybridized carbons (Fsp3) is 0. The fourth-order valence-electron chi connectivity index (χ4n) is 1.77. The maximum Gasteiger partial charge on any atom is 0.282 e. The molecule has 0 N–H and O–H groups in total. The van der Waals surface area contributed by atoms with Crippen molar-refractivity contribution in [1.82, 2.24) is 15.0 Å². The van der Waals surface area contributed by atoms with Crippen molar-refractivity contribution in [1.29, 1.82) is 0 Å². The SMILES string of the molecule is O=c1c2ccccc2nnn1-c1ccc(Br)c(Cl)c1. The third-order valence-corrected chi connectivity index (χ3v) is 3.95. The highest BCUT2D eigenvalue weighted by molar-refractivity contribution is 9.10. The molecule has 0 aliphatic carbocycles. The summed E-state index contributed by atoms with van der Waals surface area (Å²) in [4.78, 5) is 12.3. The van der Waals surface area contributed by atoms with Crippen LogP contribution in [-0.4, -0.2) is 15.0 Å². The highest BCUT2D eigenvalue weighted by Crippen LogP contribution is 2.24. The normalized spacial score (nSPS) is 10.8. The molecular formula is C13H7BrClN3O. The maximum absolute atomic E-state index is 12.3. The summed E-state index contributed by atoms with van der Waals surface area (Å²) in [5.41, 5.74) is 0.937. The number of halogens is 2. The van der Waals surface area contributed by atoms with E-state index in [0.29, 0.717) is 21.6 Å². The first-order valence-corrected chi connectivity index (χ1v) is 6.64. The summed E-state index contributed by atoms with van der Waals surface area (Å²) in [6.07, 6.45) is 0.